The molecular weight excluding hydrogens is 386 g/mol. The molecule has 0 amide bonds. The monoisotopic (exact) mass is 410 g/mol. The van der Waals surface area contributed by atoms with Crippen molar-refractivity contribution < 1.29 is 13.7 Å². The van der Waals surface area contributed by atoms with Crippen molar-refractivity contribution in [2.24, 2.45) is 7.05 Å². The molecule has 3 aromatic rings. The van der Waals surface area contributed by atoms with Gasteiger partial charge in [-0.1, -0.05) is 12.1 Å². The molecule has 2 aromatic carbocycles. The van der Waals surface area contributed by atoms with Crippen LogP contribution in [-0.2, 0) is 16.4 Å². The van der Waals surface area contributed by atoms with Gasteiger partial charge in [0.25, 0.3) is 5.56 Å². The van der Waals surface area contributed by atoms with Crippen molar-refractivity contribution in [3.63, 3.8) is 0 Å². The second-order valence-corrected chi connectivity index (χ2v) is 8.72. The Hall–Kier alpha value is -2.71. The summed E-state index contributed by atoms with van der Waals surface area (Å²) < 4.78 is 28.5. The molecule has 1 saturated heterocycles. The van der Waals surface area contributed by atoms with Crippen molar-refractivity contribution >= 4 is 23.5 Å². The van der Waals surface area contributed by atoms with Gasteiger partial charge in [0.15, 0.2) is 0 Å². The Morgan fingerprint density at radius 1 is 1.00 bits per heavy atom. The molecule has 156 valence electrons. The van der Waals surface area contributed by atoms with Gasteiger partial charge in [-0.05, 0) is 69.9 Å². The fraction of sp³-hybridized carbons (Fsp3) is 0.364. The van der Waals surface area contributed by atoms with E-state index >= 15 is 0 Å². The largest absolute Gasteiger partial charge is 0.495 e. The average Bonchev–Trinajstić information content (AvgIpc) is 2.88. The number of aromatic nitrogens is 2. The van der Waals surface area contributed by atoms with E-state index in [0.29, 0.717) is 16.8 Å². The Labute approximate surface area is 174 Å². The van der Waals surface area contributed by atoms with E-state index in [-0.39, 0.29) is 5.39 Å². The molecule has 0 spiro atoms. The first-order valence-corrected chi connectivity index (χ1v) is 9.81. The summed E-state index contributed by atoms with van der Waals surface area (Å²) in [5.74, 6) is -0.535. The zero-order chi connectivity index (χ0) is 22.0. The molecule has 0 radical (unpaired) electrons. The molecule has 0 aliphatic carbocycles. The molecule has 0 N–H and O–H groups in total. The van der Waals surface area contributed by atoms with Crippen LogP contribution in [0.1, 0.15) is 33.3 Å². The molecule has 1 aliphatic heterocycles. The SMILES string of the molecule is Cc1c(B2OC(C)(C)C(C)(C)O2)cccc1-n1c(=O)c2cc(F)ccc2n(C)c1=O. The van der Waals surface area contributed by atoms with E-state index in [0.717, 1.165) is 16.1 Å². The lowest BCUT2D eigenvalue weighted by molar-refractivity contribution is 0.00578. The number of benzene rings is 2. The summed E-state index contributed by atoms with van der Waals surface area (Å²) in [6, 6.07) is 9.13. The van der Waals surface area contributed by atoms with Crippen molar-refractivity contribution in [1.29, 1.82) is 0 Å². The Balaban J connectivity index is 1.94. The molecule has 1 aliphatic rings. The van der Waals surface area contributed by atoms with E-state index in [1.54, 1.807) is 19.2 Å². The van der Waals surface area contributed by atoms with E-state index in [9.17, 15) is 14.0 Å². The first-order valence-electron chi connectivity index (χ1n) is 9.81. The van der Waals surface area contributed by atoms with Gasteiger partial charge in [-0.15, -0.1) is 0 Å². The van der Waals surface area contributed by atoms with Crippen LogP contribution in [0, 0.1) is 12.7 Å². The van der Waals surface area contributed by atoms with Crippen LogP contribution in [0.3, 0.4) is 0 Å². The molecule has 0 bridgehead atoms. The maximum atomic E-state index is 13.8. The number of fused-ring (bicyclic) bond motifs is 1. The Bertz CT molecular complexity index is 1280. The first-order chi connectivity index (χ1) is 13.9. The smallest absolute Gasteiger partial charge is 0.399 e. The summed E-state index contributed by atoms with van der Waals surface area (Å²) in [6.45, 7) is 9.67. The van der Waals surface area contributed by atoms with Crippen LogP contribution < -0.4 is 16.7 Å². The van der Waals surface area contributed by atoms with E-state index in [1.165, 1.54) is 16.7 Å². The fourth-order valence-corrected chi connectivity index (χ4v) is 3.75. The highest BCUT2D eigenvalue weighted by Gasteiger charge is 2.52. The summed E-state index contributed by atoms with van der Waals surface area (Å²) in [6.07, 6.45) is 0. The predicted octanol–water partition coefficient (Wildman–Crippen LogP) is 2.44. The number of halogens is 1. The van der Waals surface area contributed by atoms with Gasteiger partial charge in [0.05, 0.1) is 27.8 Å². The number of hydrogen-bond acceptors (Lipinski definition) is 4. The highest BCUT2D eigenvalue weighted by Crippen LogP contribution is 2.36. The second-order valence-electron chi connectivity index (χ2n) is 8.72. The predicted molar refractivity (Wildman–Crippen MR) is 115 cm³/mol. The van der Waals surface area contributed by atoms with Gasteiger partial charge in [-0.25, -0.2) is 13.8 Å². The zero-order valence-electron chi connectivity index (χ0n) is 17.9. The highest BCUT2D eigenvalue weighted by molar-refractivity contribution is 6.62. The molecule has 0 atom stereocenters. The first kappa shape index (κ1) is 20.6. The highest BCUT2D eigenvalue weighted by atomic mass is 19.1. The molecular formula is C22H24BFN2O4. The number of hydrogen-bond donors (Lipinski definition) is 0. The minimum absolute atomic E-state index is 0.137. The third kappa shape index (κ3) is 2.94. The summed E-state index contributed by atoms with van der Waals surface area (Å²) in [5.41, 5.74) is 0.100. The molecule has 1 aromatic heterocycles. The van der Waals surface area contributed by atoms with Crippen LogP contribution in [-0.4, -0.2) is 27.5 Å². The second kappa shape index (κ2) is 6.65. The fourth-order valence-electron chi connectivity index (χ4n) is 3.75. The third-order valence-electron chi connectivity index (χ3n) is 6.33. The summed E-state index contributed by atoms with van der Waals surface area (Å²) in [4.78, 5) is 26.2. The van der Waals surface area contributed by atoms with E-state index in [2.05, 4.69) is 0 Å². The summed E-state index contributed by atoms with van der Waals surface area (Å²) in [7, 11) is 0.929. The van der Waals surface area contributed by atoms with Gasteiger partial charge < -0.3 is 9.31 Å². The van der Waals surface area contributed by atoms with Crippen LogP contribution in [0.4, 0.5) is 4.39 Å². The molecule has 30 heavy (non-hydrogen) atoms. The van der Waals surface area contributed by atoms with Gasteiger partial charge in [0, 0.05) is 7.05 Å². The Kier molecular flexibility index (Phi) is 4.56. The van der Waals surface area contributed by atoms with Crippen LogP contribution in [0.25, 0.3) is 16.6 Å². The van der Waals surface area contributed by atoms with Crippen molar-refractivity contribution in [2.45, 2.75) is 45.8 Å². The normalized spacial score (nSPS) is 17.6. The van der Waals surface area contributed by atoms with Gasteiger partial charge in [0.1, 0.15) is 5.82 Å². The van der Waals surface area contributed by atoms with Crippen LogP contribution in [0.15, 0.2) is 46.0 Å². The molecule has 0 unspecified atom stereocenters. The topological polar surface area (TPSA) is 62.5 Å². The maximum absolute atomic E-state index is 13.8. The molecule has 0 saturated carbocycles. The molecule has 4 rings (SSSR count). The van der Waals surface area contributed by atoms with E-state index in [4.69, 9.17) is 9.31 Å². The Morgan fingerprint density at radius 3 is 2.27 bits per heavy atom. The van der Waals surface area contributed by atoms with Crippen LogP contribution >= 0.6 is 0 Å². The molecule has 6 nitrogen and oxygen atoms in total. The number of rotatable bonds is 2. The number of nitrogens with zero attached hydrogens (tertiary/aromatic N) is 2. The third-order valence-corrected chi connectivity index (χ3v) is 6.33. The van der Waals surface area contributed by atoms with Crippen LogP contribution in [0.2, 0.25) is 0 Å². The van der Waals surface area contributed by atoms with Gasteiger partial charge in [-0.3, -0.25) is 9.36 Å². The van der Waals surface area contributed by atoms with Crippen LogP contribution in [0.5, 0.6) is 0 Å². The molecule has 1 fully saturated rings. The zero-order valence-corrected chi connectivity index (χ0v) is 17.9. The molecule has 2 heterocycles. The minimum atomic E-state index is -0.632. The Morgan fingerprint density at radius 2 is 1.63 bits per heavy atom. The van der Waals surface area contributed by atoms with Crippen molar-refractivity contribution in [3.05, 3.63) is 68.6 Å². The average molecular weight is 410 g/mol. The summed E-state index contributed by atoms with van der Waals surface area (Å²) in [5, 5.41) is 0.137. The lowest BCUT2D eigenvalue weighted by Crippen LogP contribution is -2.41. The van der Waals surface area contributed by atoms with Gasteiger partial charge in [0.2, 0.25) is 0 Å². The van der Waals surface area contributed by atoms with E-state index < -0.39 is 35.4 Å². The number of aryl methyl sites for hydroxylation is 1. The van der Waals surface area contributed by atoms with Gasteiger partial charge in [-0.2, -0.15) is 0 Å². The standard InChI is InChI=1S/C22H24BFN2O4/c1-13-16(23-29-21(2,3)22(4,5)30-23)8-7-9-17(13)26-19(27)15-12-14(24)10-11-18(15)25(6)20(26)28/h7-12H,1-6H3. The minimum Gasteiger partial charge on any atom is -0.399 e. The maximum Gasteiger partial charge on any atom is 0.495 e. The van der Waals surface area contributed by atoms with E-state index in [1.807, 2.05) is 40.7 Å². The van der Waals surface area contributed by atoms with Crippen molar-refractivity contribution in [3.8, 4) is 5.69 Å². The van der Waals surface area contributed by atoms with Gasteiger partial charge >= 0.3 is 12.8 Å². The lowest BCUT2D eigenvalue weighted by atomic mass is 9.76. The lowest BCUT2D eigenvalue weighted by Gasteiger charge is -2.32. The summed E-state index contributed by atoms with van der Waals surface area (Å²) >= 11 is 0. The van der Waals surface area contributed by atoms with Crippen molar-refractivity contribution in [1.82, 2.24) is 9.13 Å². The quantitative estimate of drug-likeness (QED) is 0.609. The van der Waals surface area contributed by atoms with Crippen molar-refractivity contribution in [2.75, 3.05) is 0 Å². The molecule has 8 heteroatoms.